The molecule has 1 aromatic rings. The number of alkyl halides is 1. The predicted octanol–water partition coefficient (Wildman–Crippen LogP) is -0.205. The zero-order valence-electron chi connectivity index (χ0n) is 13.9. The van der Waals surface area contributed by atoms with E-state index in [1.54, 1.807) is 12.1 Å². The number of anilines is 1. The summed E-state index contributed by atoms with van der Waals surface area (Å²) in [5.41, 5.74) is 0.910. The monoisotopic (exact) mass is 360 g/mol. The van der Waals surface area contributed by atoms with Gasteiger partial charge in [-0.25, -0.2) is 9.29 Å². The molecule has 0 bridgehead atoms. The normalized spacial score (nSPS) is 26.2. The minimum atomic E-state index is -2.85. The van der Waals surface area contributed by atoms with E-state index in [4.69, 9.17) is 0 Å². The van der Waals surface area contributed by atoms with E-state index in [2.05, 4.69) is 10.2 Å². The Morgan fingerprint density at radius 1 is 1.00 bits per heavy atom. The molecule has 136 valence electrons. The number of carbonyl (C=O) groups is 4. The van der Waals surface area contributed by atoms with Crippen LogP contribution in [0.2, 0.25) is 0 Å². The Labute approximate surface area is 148 Å². The first-order valence-corrected chi connectivity index (χ1v) is 8.43. The van der Waals surface area contributed by atoms with Crippen LogP contribution >= 0.6 is 0 Å². The topological polar surface area (TPSA) is 98.8 Å². The highest BCUT2D eigenvalue weighted by Crippen LogP contribution is 2.36. The van der Waals surface area contributed by atoms with E-state index in [1.165, 1.54) is 6.07 Å². The maximum absolute atomic E-state index is 15.3. The maximum Gasteiger partial charge on any atom is 0.285 e. The molecule has 0 radical (unpaired) electrons. The third-order valence-corrected chi connectivity index (χ3v) is 4.99. The van der Waals surface area contributed by atoms with E-state index in [1.807, 2.05) is 5.32 Å². The lowest BCUT2D eigenvalue weighted by molar-refractivity contribution is -0.151. The van der Waals surface area contributed by atoms with Gasteiger partial charge >= 0.3 is 0 Å². The Balaban J connectivity index is 1.68. The molecule has 2 N–H and O–H groups in total. The summed E-state index contributed by atoms with van der Waals surface area (Å²) in [7, 11) is 0. The average molecular weight is 360 g/mol. The van der Waals surface area contributed by atoms with Crippen LogP contribution in [0, 0.1) is 0 Å². The van der Waals surface area contributed by atoms with Crippen LogP contribution in [-0.2, 0) is 9.59 Å². The van der Waals surface area contributed by atoms with Crippen LogP contribution in [0.3, 0.4) is 0 Å². The summed E-state index contributed by atoms with van der Waals surface area (Å²) in [6, 6.07) is 4.77. The van der Waals surface area contributed by atoms with Crippen molar-refractivity contribution in [2.24, 2.45) is 0 Å². The lowest BCUT2D eigenvalue weighted by Gasteiger charge is -2.34. The number of benzene rings is 1. The highest BCUT2D eigenvalue weighted by molar-refractivity contribution is 6.24. The molecule has 0 aromatic heterocycles. The van der Waals surface area contributed by atoms with Gasteiger partial charge in [0.1, 0.15) is 0 Å². The number of nitrogens with zero attached hydrogens (tertiary/aromatic N) is 2. The fourth-order valence-corrected chi connectivity index (χ4v) is 3.56. The number of fused-ring (bicyclic) bond motifs is 1. The number of piperidine rings is 1. The minimum Gasteiger partial charge on any atom is -0.369 e. The van der Waals surface area contributed by atoms with E-state index in [9.17, 15) is 19.2 Å². The first-order chi connectivity index (χ1) is 12.4. The number of carbonyl (C=O) groups excluding carboxylic acids is 4. The molecule has 3 aliphatic heterocycles. The van der Waals surface area contributed by atoms with Crippen LogP contribution in [0.15, 0.2) is 18.2 Å². The largest absolute Gasteiger partial charge is 0.369 e. The highest BCUT2D eigenvalue weighted by Gasteiger charge is 2.56. The number of halogens is 1. The predicted molar refractivity (Wildman–Crippen MR) is 88.2 cm³/mol. The molecule has 9 heteroatoms. The van der Waals surface area contributed by atoms with E-state index in [0.29, 0.717) is 4.90 Å². The third-order valence-electron chi connectivity index (χ3n) is 4.99. The molecule has 4 rings (SSSR count). The number of rotatable bonds is 2. The number of nitrogens with one attached hydrogen (secondary N) is 2. The molecule has 2 saturated heterocycles. The maximum atomic E-state index is 15.3. The van der Waals surface area contributed by atoms with Crippen LogP contribution < -0.4 is 15.5 Å². The number of hydrogen-bond donors (Lipinski definition) is 2. The van der Waals surface area contributed by atoms with Gasteiger partial charge in [0.25, 0.3) is 23.5 Å². The third kappa shape index (κ3) is 2.38. The van der Waals surface area contributed by atoms with Gasteiger partial charge in [0.15, 0.2) is 0 Å². The molecule has 0 spiro atoms. The van der Waals surface area contributed by atoms with Crippen molar-refractivity contribution in [1.29, 1.82) is 0 Å². The first kappa shape index (κ1) is 16.6. The van der Waals surface area contributed by atoms with Crippen LogP contribution in [-0.4, -0.2) is 60.5 Å². The van der Waals surface area contributed by atoms with Gasteiger partial charge in [0.2, 0.25) is 5.91 Å². The number of hydrogen-bond acceptors (Lipinski definition) is 6. The van der Waals surface area contributed by atoms with Gasteiger partial charge in [0.05, 0.1) is 11.1 Å². The highest BCUT2D eigenvalue weighted by atomic mass is 19.1. The van der Waals surface area contributed by atoms with E-state index in [-0.39, 0.29) is 17.5 Å². The van der Waals surface area contributed by atoms with Gasteiger partial charge in [0, 0.05) is 44.7 Å². The summed E-state index contributed by atoms with van der Waals surface area (Å²) in [4.78, 5) is 51.0. The molecule has 1 atom stereocenters. The summed E-state index contributed by atoms with van der Waals surface area (Å²) < 4.78 is 15.3. The van der Waals surface area contributed by atoms with Crippen LogP contribution in [0.5, 0.6) is 0 Å². The van der Waals surface area contributed by atoms with Crippen molar-refractivity contribution < 1.29 is 23.6 Å². The average Bonchev–Trinajstić information content (AvgIpc) is 2.90. The van der Waals surface area contributed by atoms with Crippen molar-refractivity contribution in [3.05, 3.63) is 29.3 Å². The van der Waals surface area contributed by atoms with Crippen LogP contribution in [0.25, 0.3) is 0 Å². The molecule has 4 amide bonds. The fraction of sp³-hybridized carbons (Fsp3) is 0.412. The van der Waals surface area contributed by atoms with Crippen molar-refractivity contribution in [2.45, 2.75) is 18.6 Å². The standard InChI is InChI=1S/C17H17FN4O4/c18-17(4-3-13(23)20-16(17)26)22-14(24)11-2-1-10(9-12(11)15(22)25)21-7-5-19-6-8-21/h1-2,9,19H,3-8H2,(H,20,23,26). The molecular weight excluding hydrogens is 343 g/mol. The van der Waals surface area contributed by atoms with Crippen molar-refractivity contribution >= 4 is 29.3 Å². The first-order valence-electron chi connectivity index (χ1n) is 8.43. The van der Waals surface area contributed by atoms with Crippen molar-refractivity contribution in [3.63, 3.8) is 0 Å². The Hall–Kier alpha value is -2.81. The molecule has 1 aromatic carbocycles. The quantitative estimate of drug-likeness (QED) is 0.560. The Bertz CT molecular complexity index is 836. The molecule has 1 unspecified atom stereocenters. The Kier molecular flexibility index (Phi) is 3.76. The van der Waals surface area contributed by atoms with E-state index in [0.717, 1.165) is 31.9 Å². The van der Waals surface area contributed by atoms with Crippen LogP contribution in [0.4, 0.5) is 10.1 Å². The van der Waals surface area contributed by atoms with Crippen molar-refractivity contribution in [1.82, 2.24) is 15.5 Å². The van der Waals surface area contributed by atoms with Gasteiger partial charge in [-0.1, -0.05) is 0 Å². The summed E-state index contributed by atoms with van der Waals surface area (Å²) in [6.07, 6.45) is -0.810. The number of amides is 4. The molecule has 3 aliphatic rings. The van der Waals surface area contributed by atoms with Gasteiger partial charge in [-0.2, -0.15) is 0 Å². The number of piperazine rings is 1. The Morgan fingerprint density at radius 2 is 1.69 bits per heavy atom. The second kappa shape index (κ2) is 5.87. The molecule has 8 nitrogen and oxygen atoms in total. The van der Waals surface area contributed by atoms with Crippen LogP contribution in [0.1, 0.15) is 33.6 Å². The van der Waals surface area contributed by atoms with Gasteiger partial charge in [-0.3, -0.25) is 24.5 Å². The van der Waals surface area contributed by atoms with Gasteiger partial charge in [-0.15, -0.1) is 0 Å². The zero-order chi connectivity index (χ0) is 18.5. The molecule has 0 saturated carbocycles. The second-order valence-electron chi connectivity index (χ2n) is 6.55. The van der Waals surface area contributed by atoms with E-state index >= 15 is 4.39 Å². The Morgan fingerprint density at radius 3 is 2.38 bits per heavy atom. The van der Waals surface area contributed by atoms with E-state index < -0.39 is 35.8 Å². The summed E-state index contributed by atoms with van der Waals surface area (Å²) in [6.45, 7) is 3.11. The lowest BCUT2D eigenvalue weighted by atomic mass is 10.0. The summed E-state index contributed by atoms with van der Waals surface area (Å²) >= 11 is 0. The molecule has 3 heterocycles. The zero-order valence-corrected chi connectivity index (χ0v) is 13.9. The fourth-order valence-electron chi connectivity index (χ4n) is 3.56. The molecular formula is C17H17FN4O4. The summed E-state index contributed by atoms with van der Waals surface area (Å²) in [5, 5.41) is 5.09. The van der Waals surface area contributed by atoms with Crippen molar-refractivity contribution in [3.8, 4) is 0 Å². The summed E-state index contributed by atoms with van der Waals surface area (Å²) in [5.74, 6) is -6.46. The molecule has 2 fully saturated rings. The smallest absolute Gasteiger partial charge is 0.285 e. The number of imide groups is 2. The van der Waals surface area contributed by atoms with Gasteiger partial charge in [-0.05, 0) is 18.2 Å². The lowest BCUT2D eigenvalue weighted by Crippen LogP contribution is -2.61. The van der Waals surface area contributed by atoms with Gasteiger partial charge < -0.3 is 10.2 Å². The molecule has 0 aliphatic carbocycles. The SMILES string of the molecule is O=C1CCC(F)(N2C(=O)c3ccc(N4CCNCC4)cc3C2=O)C(=O)N1. The minimum absolute atomic E-state index is 0.0654. The van der Waals surface area contributed by atoms with Crippen molar-refractivity contribution in [2.75, 3.05) is 31.1 Å². The molecule has 26 heavy (non-hydrogen) atoms. The second-order valence-corrected chi connectivity index (χ2v) is 6.55.